The predicted molar refractivity (Wildman–Crippen MR) is 106 cm³/mol. The molecule has 6 heteroatoms. The topological polar surface area (TPSA) is 70.7 Å². The minimum atomic E-state index is -0.686. The minimum Gasteiger partial charge on any atom is -0.378 e. The molecule has 2 amide bonds. The molecule has 0 atom stereocenters. The van der Waals surface area contributed by atoms with E-state index in [4.69, 9.17) is 4.74 Å². The van der Waals surface area contributed by atoms with Crippen LogP contribution in [0.2, 0.25) is 0 Å². The molecule has 0 saturated carbocycles. The smallest absolute Gasteiger partial charge is 0.313 e. The molecule has 6 nitrogen and oxygen atoms in total. The van der Waals surface area contributed by atoms with Gasteiger partial charge in [-0.25, -0.2) is 0 Å². The van der Waals surface area contributed by atoms with Gasteiger partial charge in [0.2, 0.25) is 0 Å². The van der Waals surface area contributed by atoms with Crippen molar-refractivity contribution in [2.45, 2.75) is 18.4 Å². The maximum absolute atomic E-state index is 12.2. The number of carbonyl (C=O) groups excluding carboxylic acids is 2. The highest BCUT2D eigenvalue weighted by atomic mass is 16.5. The molecule has 0 aliphatic heterocycles. The lowest BCUT2D eigenvalue weighted by Crippen LogP contribution is -2.48. The Morgan fingerprint density at radius 3 is 2.11 bits per heavy atom. The first-order valence-corrected chi connectivity index (χ1v) is 8.91. The Balaban J connectivity index is 1.56. The molecule has 2 N–H and O–H groups in total. The molecule has 2 aromatic carbocycles. The van der Waals surface area contributed by atoms with Gasteiger partial charge in [0.1, 0.15) is 0 Å². The minimum absolute atomic E-state index is 0.282. The van der Waals surface area contributed by atoms with Crippen molar-refractivity contribution in [3.8, 4) is 0 Å². The Morgan fingerprint density at radius 2 is 1.59 bits per heavy atom. The molecule has 0 unspecified atom stereocenters. The van der Waals surface area contributed by atoms with Gasteiger partial charge in [0.15, 0.2) is 0 Å². The second-order valence-electron chi connectivity index (χ2n) is 7.09. The molecule has 0 heterocycles. The summed E-state index contributed by atoms with van der Waals surface area (Å²) < 4.78 is 5.71. The van der Waals surface area contributed by atoms with E-state index in [1.807, 2.05) is 43.3 Å². The monoisotopic (exact) mass is 367 g/mol. The molecule has 3 rings (SSSR count). The summed E-state index contributed by atoms with van der Waals surface area (Å²) in [7, 11) is 5.52. The summed E-state index contributed by atoms with van der Waals surface area (Å²) in [6, 6.07) is 15.4. The van der Waals surface area contributed by atoms with Crippen LogP contribution in [0, 0.1) is 0 Å². The largest absolute Gasteiger partial charge is 0.378 e. The molecular formula is C21H25N3O3. The van der Waals surface area contributed by atoms with Gasteiger partial charge >= 0.3 is 11.8 Å². The van der Waals surface area contributed by atoms with Gasteiger partial charge in [0.05, 0.1) is 5.60 Å². The Bertz CT molecular complexity index is 806. The summed E-state index contributed by atoms with van der Waals surface area (Å²) in [5, 5.41) is 5.34. The maximum atomic E-state index is 12.2. The Kier molecular flexibility index (Phi) is 5.46. The molecule has 0 spiro atoms. The third-order valence-electron chi connectivity index (χ3n) is 5.00. The number of nitrogens with zero attached hydrogens (tertiary/aromatic N) is 1. The van der Waals surface area contributed by atoms with Gasteiger partial charge in [-0.15, -0.1) is 0 Å². The number of hydrogen-bond donors (Lipinski definition) is 2. The van der Waals surface area contributed by atoms with Gasteiger partial charge in [-0.3, -0.25) is 9.59 Å². The van der Waals surface area contributed by atoms with Gasteiger partial charge < -0.3 is 20.3 Å². The van der Waals surface area contributed by atoms with Crippen molar-refractivity contribution in [3.05, 3.63) is 59.7 Å². The average molecular weight is 367 g/mol. The number of carbonyl (C=O) groups is 2. The van der Waals surface area contributed by atoms with Crippen molar-refractivity contribution in [2.24, 2.45) is 0 Å². The molecule has 0 saturated heterocycles. The second kappa shape index (κ2) is 7.80. The van der Waals surface area contributed by atoms with Crippen LogP contribution in [-0.2, 0) is 27.2 Å². The third-order valence-corrected chi connectivity index (χ3v) is 5.00. The number of anilines is 2. The zero-order valence-corrected chi connectivity index (χ0v) is 15.9. The summed E-state index contributed by atoms with van der Waals surface area (Å²) >= 11 is 0. The first-order valence-electron chi connectivity index (χ1n) is 8.91. The quantitative estimate of drug-likeness (QED) is 0.793. The lowest BCUT2D eigenvalue weighted by molar-refractivity contribution is -0.137. The molecule has 27 heavy (non-hydrogen) atoms. The number of hydrogen-bond acceptors (Lipinski definition) is 4. The molecule has 0 radical (unpaired) electrons. The highest BCUT2D eigenvalue weighted by molar-refractivity contribution is 6.39. The summed E-state index contributed by atoms with van der Waals surface area (Å²) in [6.45, 7) is 0.282. The van der Waals surface area contributed by atoms with Crippen LogP contribution < -0.4 is 15.5 Å². The average Bonchev–Trinajstić information content (AvgIpc) is 3.05. The highest BCUT2D eigenvalue weighted by Crippen LogP contribution is 2.32. The number of amides is 2. The zero-order valence-electron chi connectivity index (χ0n) is 15.9. The molecule has 0 bridgehead atoms. The van der Waals surface area contributed by atoms with E-state index in [1.54, 1.807) is 19.2 Å². The van der Waals surface area contributed by atoms with E-state index in [2.05, 4.69) is 22.8 Å². The van der Waals surface area contributed by atoms with Crippen molar-refractivity contribution in [2.75, 3.05) is 38.0 Å². The normalized spacial score (nSPS) is 14.3. The van der Waals surface area contributed by atoms with E-state index < -0.39 is 17.4 Å². The van der Waals surface area contributed by atoms with Crippen LogP contribution in [0.15, 0.2) is 48.5 Å². The first-order chi connectivity index (χ1) is 12.9. The predicted octanol–water partition coefficient (Wildman–Crippen LogP) is 1.99. The van der Waals surface area contributed by atoms with Crippen molar-refractivity contribution < 1.29 is 14.3 Å². The summed E-state index contributed by atoms with van der Waals surface area (Å²) in [5.74, 6) is -1.35. The summed E-state index contributed by atoms with van der Waals surface area (Å²) in [4.78, 5) is 26.4. The highest BCUT2D eigenvalue weighted by Gasteiger charge is 2.37. The Labute approximate surface area is 159 Å². The molecule has 2 aromatic rings. The van der Waals surface area contributed by atoms with Crippen molar-refractivity contribution in [1.29, 1.82) is 0 Å². The van der Waals surface area contributed by atoms with Crippen LogP contribution in [0.5, 0.6) is 0 Å². The molecular weight excluding hydrogens is 342 g/mol. The van der Waals surface area contributed by atoms with E-state index in [0.717, 1.165) is 5.69 Å². The Morgan fingerprint density at radius 1 is 1.00 bits per heavy atom. The second-order valence-corrected chi connectivity index (χ2v) is 7.09. The molecule has 1 aliphatic carbocycles. The standard InChI is InChI=1S/C21H25N3O3/c1-24(2)18-10-8-17(9-11-18)23-20(26)19(25)22-14-21(27-3)12-15-6-4-5-7-16(15)13-21/h4-11H,12-14H2,1-3H3,(H,22,25)(H,23,26). The zero-order chi connectivity index (χ0) is 19.4. The van der Waals surface area contributed by atoms with Crippen molar-refractivity contribution in [1.82, 2.24) is 5.32 Å². The number of fused-ring (bicyclic) bond motifs is 1. The van der Waals surface area contributed by atoms with Crippen LogP contribution >= 0.6 is 0 Å². The van der Waals surface area contributed by atoms with Crippen LogP contribution in [0.1, 0.15) is 11.1 Å². The van der Waals surface area contributed by atoms with E-state index in [0.29, 0.717) is 18.5 Å². The van der Waals surface area contributed by atoms with Gasteiger partial charge in [0.25, 0.3) is 0 Å². The third kappa shape index (κ3) is 4.28. The fourth-order valence-electron chi connectivity index (χ4n) is 3.35. The SMILES string of the molecule is COC1(CNC(=O)C(=O)Nc2ccc(N(C)C)cc2)Cc2ccccc2C1. The van der Waals surface area contributed by atoms with Gasteiger partial charge in [-0.05, 0) is 35.4 Å². The van der Waals surface area contributed by atoms with E-state index in [1.165, 1.54) is 11.1 Å². The Hall–Kier alpha value is -2.86. The molecule has 1 aliphatic rings. The number of ether oxygens (including phenoxy) is 1. The number of nitrogens with one attached hydrogen (secondary N) is 2. The molecule has 0 fully saturated rings. The van der Waals surface area contributed by atoms with Crippen LogP contribution in [0.3, 0.4) is 0 Å². The van der Waals surface area contributed by atoms with Gasteiger partial charge in [-0.1, -0.05) is 24.3 Å². The number of rotatable bonds is 5. The van der Waals surface area contributed by atoms with E-state index >= 15 is 0 Å². The lowest BCUT2D eigenvalue weighted by Gasteiger charge is -2.27. The van der Waals surface area contributed by atoms with Crippen LogP contribution in [0.25, 0.3) is 0 Å². The maximum Gasteiger partial charge on any atom is 0.313 e. The first kappa shape index (κ1) is 18.9. The van der Waals surface area contributed by atoms with E-state index in [-0.39, 0.29) is 6.54 Å². The fourth-order valence-corrected chi connectivity index (χ4v) is 3.35. The van der Waals surface area contributed by atoms with Crippen LogP contribution in [-0.4, -0.2) is 45.2 Å². The number of methoxy groups -OCH3 is 1. The fraction of sp³-hybridized carbons (Fsp3) is 0.333. The summed E-state index contributed by atoms with van der Waals surface area (Å²) in [6.07, 6.45) is 1.43. The molecule has 0 aromatic heterocycles. The van der Waals surface area contributed by atoms with E-state index in [9.17, 15) is 9.59 Å². The van der Waals surface area contributed by atoms with Gasteiger partial charge in [-0.2, -0.15) is 0 Å². The van der Waals surface area contributed by atoms with Gasteiger partial charge in [0, 0.05) is 52.0 Å². The lowest BCUT2D eigenvalue weighted by atomic mass is 10.00. The summed E-state index contributed by atoms with van der Waals surface area (Å²) in [5.41, 5.74) is 3.53. The van der Waals surface area contributed by atoms with Crippen molar-refractivity contribution in [3.63, 3.8) is 0 Å². The van der Waals surface area contributed by atoms with Crippen LogP contribution in [0.4, 0.5) is 11.4 Å². The molecule has 142 valence electrons. The van der Waals surface area contributed by atoms with Crippen molar-refractivity contribution >= 4 is 23.2 Å². The number of benzene rings is 2.